The molecule has 2 aromatic heterocycles. The fourth-order valence-electron chi connectivity index (χ4n) is 4.23. The Balaban J connectivity index is 1.50. The Morgan fingerprint density at radius 2 is 1.94 bits per heavy atom. The van der Waals surface area contributed by atoms with Crippen molar-refractivity contribution in [1.29, 1.82) is 0 Å². The minimum Gasteiger partial charge on any atom is -0.496 e. The maximum atomic E-state index is 11.9. The molecule has 0 saturated carbocycles. The number of hydrogen-bond donors (Lipinski definition) is 3. The summed E-state index contributed by atoms with van der Waals surface area (Å²) in [5, 5.41) is 14.0. The summed E-state index contributed by atoms with van der Waals surface area (Å²) in [6, 6.07) is 13.6. The number of carbonyl (C=O) groups excluding carboxylic acids is 1. The van der Waals surface area contributed by atoms with Crippen LogP contribution in [0, 0.1) is 0 Å². The van der Waals surface area contributed by atoms with E-state index in [1.165, 1.54) is 6.08 Å². The van der Waals surface area contributed by atoms with Crippen LogP contribution in [0.2, 0.25) is 0 Å². The third-order valence-corrected chi connectivity index (χ3v) is 6.19. The lowest BCUT2D eigenvalue weighted by Gasteiger charge is -2.34. The van der Waals surface area contributed by atoms with Crippen molar-refractivity contribution in [2.75, 3.05) is 55.9 Å². The largest absolute Gasteiger partial charge is 0.496 e. The van der Waals surface area contributed by atoms with Gasteiger partial charge >= 0.3 is 0 Å². The van der Waals surface area contributed by atoms with Crippen LogP contribution in [0.25, 0.3) is 22.3 Å². The van der Waals surface area contributed by atoms with Crippen molar-refractivity contribution in [1.82, 2.24) is 25.1 Å². The van der Waals surface area contributed by atoms with Gasteiger partial charge in [0.05, 0.1) is 24.4 Å². The average Bonchev–Trinajstić information content (AvgIpc) is 3.37. The van der Waals surface area contributed by atoms with Crippen molar-refractivity contribution >= 4 is 40.0 Å². The number of nitrogens with one attached hydrogen (secondary N) is 3. The van der Waals surface area contributed by atoms with Crippen molar-refractivity contribution in [3.8, 4) is 17.0 Å². The number of aromatic amines is 1. The van der Waals surface area contributed by atoms with Gasteiger partial charge in [-0.05, 0) is 49.5 Å². The number of amides is 1. The summed E-state index contributed by atoms with van der Waals surface area (Å²) in [4.78, 5) is 26.0. The summed E-state index contributed by atoms with van der Waals surface area (Å²) >= 11 is 0. The van der Waals surface area contributed by atoms with Gasteiger partial charge in [-0.25, -0.2) is 4.98 Å². The molecule has 3 N–H and O–H groups in total. The number of fused-ring (bicyclic) bond motifs is 1. The predicted octanol–water partition coefficient (Wildman–Crippen LogP) is 3.65. The molecule has 1 amide bonds. The zero-order valence-corrected chi connectivity index (χ0v) is 20.3. The molecule has 1 aliphatic rings. The van der Waals surface area contributed by atoms with Gasteiger partial charge in [0.1, 0.15) is 5.75 Å². The van der Waals surface area contributed by atoms with Gasteiger partial charge in [0, 0.05) is 48.8 Å². The van der Waals surface area contributed by atoms with E-state index in [1.54, 1.807) is 25.4 Å². The summed E-state index contributed by atoms with van der Waals surface area (Å²) in [6.07, 6.45) is 2.90. The van der Waals surface area contributed by atoms with Crippen molar-refractivity contribution in [3.63, 3.8) is 0 Å². The first-order chi connectivity index (χ1) is 17.5. The van der Waals surface area contributed by atoms with Gasteiger partial charge in [-0.1, -0.05) is 12.6 Å². The average molecular weight is 485 g/mol. The van der Waals surface area contributed by atoms with E-state index >= 15 is 0 Å². The first-order valence-corrected chi connectivity index (χ1v) is 11.7. The smallest absolute Gasteiger partial charge is 0.247 e. The van der Waals surface area contributed by atoms with Crippen molar-refractivity contribution in [2.24, 2.45) is 0 Å². The second-order valence-electron chi connectivity index (χ2n) is 8.60. The number of hydrogen-bond acceptors (Lipinski definition) is 8. The van der Waals surface area contributed by atoms with E-state index in [2.05, 4.69) is 61.4 Å². The molecular weight excluding hydrogens is 456 g/mol. The molecule has 1 saturated heterocycles. The molecule has 4 aromatic rings. The number of ether oxygens (including phenoxy) is 1. The van der Waals surface area contributed by atoms with Crippen LogP contribution in [0.4, 0.5) is 23.0 Å². The summed E-state index contributed by atoms with van der Waals surface area (Å²) in [5.41, 5.74) is 4.54. The Morgan fingerprint density at radius 1 is 1.11 bits per heavy atom. The van der Waals surface area contributed by atoms with Gasteiger partial charge in [-0.2, -0.15) is 10.1 Å². The topological polar surface area (TPSA) is 111 Å². The van der Waals surface area contributed by atoms with E-state index in [9.17, 15) is 4.79 Å². The number of methoxy groups -OCH3 is 1. The molecular formula is C26H28N8O2. The summed E-state index contributed by atoms with van der Waals surface area (Å²) in [6.45, 7) is 7.56. The van der Waals surface area contributed by atoms with E-state index in [4.69, 9.17) is 9.72 Å². The SMILES string of the molecule is C=CC(=O)Nc1ccc(OC)c(-c2nc(Nc3cccc(N4CCN(C)CC4)c3)nc3[nH]ncc23)c1. The number of carbonyl (C=O) groups is 1. The van der Waals surface area contributed by atoms with E-state index in [-0.39, 0.29) is 5.91 Å². The van der Waals surface area contributed by atoms with Crippen LogP contribution in [0.5, 0.6) is 5.75 Å². The number of aromatic nitrogens is 4. The van der Waals surface area contributed by atoms with Gasteiger partial charge in [0.2, 0.25) is 11.9 Å². The van der Waals surface area contributed by atoms with Crippen LogP contribution < -0.4 is 20.3 Å². The molecule has 10 heteroatoms. The first-order valence-electron chi connectivity index (χ1n) is 11.7. The molecule has 0 spiro atoms. The zero-order chi connectivity index (χ0) is 25.1. The second kappa shape index (κ2) is 10.0. The Labute approximate surface area is 209 Å². The number of H-pyrrole nitrogens is 1. The normalized spacial score (nSPS) is 14.0. The number of nitrogens with zero attached hydrogens (tertiary/aromatic N) is 5. The van der Waals surface area contributed by atoms with E-state index in [0.29, 0.717) is 34.3 Å². The third-order valence-electron chi connectivity index (χ3n) is 6.19. The number of rotatable bonds is 7. The Hall–Kier alpha value is -4.44. The molecule has 0 radical (unpaired) electrons. The highest BCUT2D eigenvalue weighted by Gasteiger charge is 2.18. The van der Waals surface area contributed by atoms with Crippen molar-refractivity contribution < 1.29 is 9.53 Å². The molecule has 184 valence electrons. The fourth-order valence-corrected chi connectivity index (χ4v) is 4.23. The maximum Gasteiger partial charge on any atom is 0.247 e. The van der Waals surface area contributed by atoms with Crippen LogP contribution in [0.1, 0.15) is 0 Å². The van der Waals surface area contributed by atoms with Gasteiger partial charge in [0.15, 0.2) is 5.65 Å². The van der Waals surface area contributed by atoms with Crippen LogP contribution in [0.15, 0.2) is 61.3 Å². The lowest BCUT2D eigenvalue weighted by atomic mass is 10.1. The van der Waals surface area contributed by atoms with Crippen LogP contribution in [0.3, 0.4) is 0 Å². The number of likely N-dealkylation sites (N-methyl/N-ethyl adjacent to an activating group) is 1. The van der Waals surface area contributed by atoms with Crippen LogP contribution >= 0.6 is 0 Å². The van der Waals surface area contributed by atoms with Crippen molar-refractivity contribution in [3.05, 3.63) is 61.3 Å². The van der Waals surface area contributed by atoms with Crippen LogP contribution in [-0.2, 0) is 4.79 Å². The van der Waals surface area contributed by atoms with Gasteiger partial charge in [-0.3, -0.25) is 9.89 Å². The first kappa shape index (κ1) is 23.3. The van der Waals surface area contributed by atoms with Crippen molar-refractivity contribution in [2.45, 2.75) is 0 Å². The Kier molecular flexibility index (Phi) is 6.50. The fraction of sp³-hybridized carbons (Fsp3) is 0.231. The molecule has 2 aromatic carbocycles. The second-order valence-corrected chi connectivity index (χ2v) is 8.60. The van der Waals surface area contributed by atoms with E-state index < -0.39 is 0 Å². The van der Waals surface area contributed by atoms with E-state index in [1.807, 2.05) is 18.2 Å². The molecule has 10 nitrogen and oxygen atoms in total. The van der Waals surface area contributed by atoms with Gasteiger partial charge in [-0.15, -0.1) is 0 Å². The molecule has 3 heterocycles. The molecule has 36 heavy (non-hydrogen) atoms. The highest BCUT2D eigenvalue weighted by molar-refractivity contribution is 6.00. The number of piperazine rings is 1. The maximum absolute atomic E-state index is 11.9. The molecule has 0 bridgehead atoms. The summed E-state index contributed by atoms with van der Waals surface area (Å²) < 4.78 is 5.61. The lowest BCUT2D eigenvalue weighted by Crippen LogP contribution is -2.44. The van der Waals surface area contributed by atoms with Gasteiger partial charge in [0.25, 0.3) is 0 Å². The molecule has 0 unspecified atom stereocenters. The highest BCUT2D eigenvalue weighted by atomic mass is 16.5. The Bertz CT molecular complexity index is 1410. The summed E-state index contributed by atoms with van der Waals surface area (Å²) in [7, 11) is 3.74. The van der Waals surface area contributed by atoms with Crippen LogP contribution in [-0.4, -0.2) is 71.3 Å². The highest BCUT2D eigenvalue weighted by Crippen LogP contribution is 2.36. The third kappa shape index (κ3) is 4.84. The Morgan fingerprint density at radius 3 is 2.72 bits per heavy atom. The zero-order valence-electron chi connectivity index (χ0n) is 20.3. The molecule has 0 aliphatic carbocycles. The van der Waals surface area contributed by atoms with Gasteiger partial charge < -0.3 is 25.2 Å². The summed E-state index contributed by atoms with van der Waals surface area (Å²) in [5.74, 6) is 0.723. The predicted molar refractivity (Wildman–Crippen MR) is 142 cm³/mol. The molecule has 5 rings (SSSR count). The quantitative estimate of drug-likeness (QED) is 0.341. The molecule has 1 aliphatic heterocycles. The standard InChI is InChI=1S/C26H28N8O2/c1-4-23(35)28-18-8-9-22(36-3)20(15-18)24-21-16-27-32-25(21)31-26(30-24)29-17-6-5-7-19(14-17)34-12-10-33(2)11-13-34/h4-9,14-16H,1,10-13H2,2-3H3,(H,28,35)(H2,27,29,30,31,32). The number of benzene rings is 2. The minimum absolute atomic E-state index is 0.301. The lowest BCUT2D eigenvalue weighted by molar-refractivity contribution is -0.111. The minimum atomic E-state index is -0.301. The molecule has 0 atom stereocenters. The monoisotopic (exact) mass is 484 g/mol. The van der Waals surface area contributed by atoms with E-state index in [0.717, 1.165) is 42.9 Å². The molecule has 1 fully saturated rings. The number of anilines is 4.